The molecule has 120 valence electrons. The van der Waals surface area contributed by atoms with Gasteiger partial charge >= 0.3 is 5.69 Å². The van der Waals surface area contributed by atoms with E-state index in [4.69, 9.17) is 0 Å². The minimum atomic E-state index is -0.322. The van der Waals surface area contributed by atoms with Crippen LogP contribution in [-0.2, 0) is 20.5 Å². The van der Waals surface area contributed by atoms with Crippen LogP contribution in [0.1, 0.15) is 11.3 Å². The maximum absolute atomic E-state index is 12.8. The third-order valence-electron chi connectivity index (χ3n) is 4.54. The topological polar surface area (TPSA) is 48.9 Å². The molecular formula is C19H17N3O2. The fraction of sp³-hybridized carbons (Fsp3) is 0.158. The van der Waals surface area contributed by atoms with E-state index in [-0.39, 0.29) is 11.2 Å². The Labute approximate surface area is 138 Å². The predicted octanol–water partition coefficient (Wildman–Crippen LogP) is 2.15. The summed E-state index contributed by atoms with van der Waals surface area (Å²) in [4.78, 5) is 25.3. The van der Waals surface area contributed by atoms with E-state index in [1.54, 1.807) is 11.6 Å². The molecular weight excluding hydrogens is 302 g/mol. The lowest BCUT2D eigenvalue weighted by molar-refractivity contribution is 0.704. The van der Waals surface area contributed by atoms with Gasteiger partial charge in [-0.2, -0.15) is 0 Å². The van der Waals surface area contributed by atoms with Crippen LogP contribution in [-0.4, -0.2) is 13.7 Å². The van der Waals surface area contributed by atoms with Gasteiger partial charge < -0.3 is 0 Å². The van der Waals surface area contributed by atoms with Gasteiger partial charge in [-0.1, -0.05) is 36.4 Å². The molecule has 0 radical (unpaired) electrons. The molecule has 0 aliphatic heterocycles. The van der Waals surface area contributed by atoms with Crippen LogP contribution in [0.2, 0.25) is 0 Å². The zero-order valence-electron chi connectivity index (χ0n) is 13.6. The highest BCUT2D eigenvalue weighted by Gasteiger charge is 2.23. The molecule has 0 N–H and O–H groups in total. The van der Waals surface area contributed by atoms with E-state index in [0.717, 1.165) is 16.9 Å². The summed E-state index contributed by atoms with van der Waals surface area (Å²) in [6.07, 6.45) is 8.63. The molecule has 1 aliphatic carbocycles. The lowest BCUT2D eigenvalue weighted by atomic mass is 10.1. The number of nitrogens with zero attached hydrogens (tertiary/aromatic N) is 3. The first kappa shape index (κ1) is 14.5. The first-order chi connectivity index (χ1) is 11.6. The molecule has 0 saturated heterocycles. The van der Waals surface area contributed by atoms with Gasteiger partial charge in [0.15, 0.2) is 0 Å². The highest BCUT2D eigenvalue weighted by molar-refractivity contribution is 5.87. The Hall–Kier alpha value is -3.08. The third kappa shape index (κ3) is 1.88. The van der Waals surface area contributed by atoms with Crippen molar-refractivity contribution in [3.63, 3.8) is 0 Å². The van der Waals surface area contributed by atoms with E-state index in [9.17, 15) is 9.59 Å². The van der Waals surface area contributed by atoms with Crippen LogP contribution in [0.3, 0.4) is 0 Å². The first-order valence-electron chi connectivity index (χ1n) is 7.83. The Balaban J connectivity index is 2.30. The van der Waals surface area contributed by atoms with Crippen molar-refractivity contribution in [2.45, 2.75) is 6.42 Å². The van der Waals surface area contributed by atoms with Crippen molar-refractivity contribution in [2.24, 2.45) is 14.1 Å². The van der Waals surface area contributed by atoms with Crippen LogP contribution >= 0.6 is 0 Å². The molecule has 5 heteroatoms. The lowest BCUT2D eigenvalue weighted by Crippen LogP contribution is -2.37. The molecule has 0 unspecified atom stereocenters. The molecule has 2 heterocycles. The third-order valence-corrected chi connectivity index (χ3v) is 4.54. The normalized spacial score (nSPS) is 13.2. The molecule has 4 rings (SSSR count). The molecule has 24 heavy (non-hydrogen) atoms. The molecule has 1 aromatic carbocycles. The highest BCUT2D eigenvalue weighted by Crippen LogP contribution is 2.29. The summed E-state index contributed by atoms with van der Waals surface area (Å²) in [7, 11) is 3.24. The van der Waals surface area contributed by atoms with Crippen molar-refractivity contribution in [2.75, 3.05) is 0 Å². The zero-order chi connectivity index (χ0) is 16.8. The number of aromatic nitrogens is 3. The maximum atomic E-state index is 12.8. The molecule has 0 amide bonds. The van der Waals surface area contributed by atoms with Gasteiger partial charge in [0.05, 0.1) is 11.1 Å². The maximum Gasteiger partial charge on any atom is 0.332 e. The van der Waals surface area contributed by atoms with Crippen molar-refractivity contribution in [3.8, 4) is 5.69 Å². The molecule has 1 aliphatic rings. The Morgan fingerprint density at radius 3 is 2.46 bits per heavy atom. The van der Waals surface area contributed by atoms with Gasteiger partial charge in [0.25, 0.3) is 5.56 Å². The van der Waals surface area contributed by atoms with Crippen molar-refractivity contribution in [1.82, 2.24) is 13.7 Å². The number of hydrogen-bond donors (Lipinski definition) is 0. The van der Waals surface area contributed by atoms with Gasteiger partial charge in [-0.3, -0.25) is 18.5 Å². The average Bonchev–Trinajstić information content (AvgIpc) is 2.75. The van der Waals surface area contributed by atoms with Gasteiger partial charge in [-0.15, -0.1) is 0 Å². The number of para-hydroxylation sites is 1. The monoisotopic (exact) mass is 319 g/mol. The summed E-state index contributed by atoms with van der Waals surface area (Å²) in [6, 6.07) is 9.81. The van der Waals surface area contributed by atoms with E-state index in [1.807, 2.05) is 59.2 Å². The number of aryl methyl sites for hydroxylation is 1. The fourth-order valence-corrected chi connectivity index (χ4v) is 3.37. The van der Waals surface area contributed by atoms with Crippen LogP contribution in [0.25, 0.3) is 22.8 Å². The van der Waals surface area contributed by atoms with Gasteiger partial charge in [0.2, 0.25) is 0 Å². The summed E-state index contributed by atoms with van der Waals surface area (Å²) in [5, 5.41) is 0.606. The molecule has 0 fully saturated rings. The second kappa shape index (κ2) is 5.23. The largest absolute Gasteiger partial charge is 0.332 e. The van der Waals surface area contributed by atoms with Crippen LogP contribution < -0.4 is 11.2 Å². The summed E-state index contributed by atoms with van der Waals surface area (Å²) < 4.78 is 4.73. The molecule has 2 aromatic heterocycles. The molecule has 3 aromatic rings. The van der Waals surface area contributed by atoms with Gasteiger partial charge in [0.1, 0.15) is 5.65 Å². The van der Waals surface area contributed by atoms with E-state index < -0.39 is 0 Å². The van der Waals surface area contributed by atoms with Crippen LogP contribution in [0, 0.1) is 0 Å². The number of hydrogen-bond acceptors (Lipinski definition) is 2. The van der Waals surface area contributed by atoms with Crippen molar-refractivity contribution >= 4 is 17.1 Å². The summed E-state index contributed by atoms with van der Waals surface area (Å²) in [5.41, 5.74) is 2.90. The Kier molecular flexibility index (Phi) is 3.16. The van der Waals surface area contributed by atoms with Crippen LogP contribution in [0.5, 0.6) is 0 Å². The Morgan fingerprint density at radius 1 is 0.958 bits per heavy atom. The number of fused-ring (bicyclic) bond motifs is 3. The quantitative estimate of drug-likeness (QED) is 0.690. The summed E-state index contributed by atoms with van der Waals surface area (Å²) in [6.45, 7) is 0. The number of allylic oxidation sites excluding steroid dienone is 3. The minimum Gasteiger partial charge on any atom is -0.295 e. The van der Waals surface area contributed by atoms with E-state index in [2.05, 4.69) is 0 Å². The summed E-state index contributed by atoms with van der Waals surface area (Å²) in [5.74, 6) is 0. The van der Waals surface area contributed by atoms with E-state index >= 15 is 0 Å². The molecule has 0 saturated carbocycles. The zero-order valence-corrected chi connectivity index (χ0v) is 13.6. The molecule has 0 atom stereocenters. The lowest BCUT2D eigenvalue weighted by Gasteiger charge is -2.11. The van der Waals surface area contributed by atoms with Gasteiger partial charge in [0, 0.05) is 19.8 Å². The number of rotatable bonds is 1. The smallest absolute Gasteiger partial charge is 0.295 e. The second-order valence-electron chi connectivity index (χ2n) is 5.93. The Bertz CT molecular complexity index is 1130. The minimum absolute atomic E-state index is 0.247. The van der Waals surface area contributed by atoms with Crippen molar-refractivity contribution in [1.29, 1.82) is 0 Å². The van der Waals surface area contributed by atoms with Gasteiger partial charge in [-0.25, -0.2) is 4.79 Å². The van der Waals surface area contributed by atoms with E-state index in [1.165, 1.54) is 11.6 Å². The van der Waals surface area contributed by atoms with Crippen molar-refractivity contribution < 1.29 is 0 Å². The van der Waals surface area contributed by atoms with Crippen LogP contribution in [0.15, 0.2) is 58.1 Å². The molecule has 0 bridgehead atoms. The summed E-state index contributed by atoms with van der Waals surface area (Å²) >= 11 is 0. The number of benzene rings is 1. The van der Waals surface area contributed by atoms with Crippen molar-refractivity contribution in [3.05, 3.63) is 80.7 Å². The molecule has 0 spiro atoms. The first-order valence-corrected chi connectivity index (χ1v) is 7.83. The Morgan fingerprint density at radius 2 is 1.71 bits per heavy atom. The standard InChI is InChI=1S/C19H17N3O2/c1-20-17-16(18(23)21(2)19(20)24)14-11-7-4-8-12-15(14)22(17)13-9-5-3-6-10-13/h3-10,12H,11H2,1-2H3. The predicted molar refractivity (Wildman–Crippen MR) is 95.6 cm³/mol. The highest BCUT2D eigenvalue weighted by atomic mass is 16.2. The average molecular weight is 319 g/mol. The second-order valence-corrected chi connectivity index (χ2v) is 5.93. The van der Waals surface area contributed by atoms with E-state index in [0.29, 0.717) is 17.5 Å². The fourth-order valence-electron chi connectivity index (χ4n) is 3.37. The molecule has 5 nitrogen and oxygen atoms in total. The SMILES string of the molecule is Cn1c(=O)c2c3c(n(-c4ccccc4)c2n(C)c1=O)C=CC=CC3. The van der Waals surface area contributed by atoms with Gasteiger partial charge in [-0.05, 0) is 30.2 Å². The van der Waals surface area contributed by atoms with Crippen LogP contribution in [0.4, 0.5) is 0 Å².